The summed E-state index contributed by atoms with van der Waals surface area (Å²) in [7, 11) is 0. The van der Waals surface area contributed by atoms with Gasteiger partial charge in [0.1, 0.15) is 0 Å². The number of rotatable bonds is 1. The van der Waals surface area contributed by atoms with E-state index in [9.17, 15) is 4.79 Å². The number of aromatic carboxylic acids is 1. The van der Waals surface area contributed by atoms with Crippen molar-refractivity contribution >= 4 is 31.8 Å². The Morgan fingerprint density at radius 1 is 1.07 bits per heavy atom. The molecule has 0 aliphatic heterocycles. The predicted octanol–water partition coefficient (Wildman–Crippen LogP) is 2.24. The van der Waals surface area contributed by atoms with E-state index >= 15 is 0 Å². The number of carbonyl (C=O) groups is 1. The van der Waals surface area contributed by atoms with Crippen LogP contribution in [-0.2, 0) is 0 Å². The van der Waals surface area contributed by atoms with Crippen molar-refractivity contribution in [2.75, 3.05) is 0 Å². The molecule has 0 aromatic heterocycles. The third-order valence-electron chi connectivity index (χ3n) is 2.71. The topological polar surface area (TPSA) is 37.3 Å². The quantitative estimate of drug-likeness (QED) is 0.862. The summed E-state index contributed by atoms with van der Waals surface area (Å²) in [4.78, 5) is 10.8. The van der Waals surface area contributed by atoms with E-state index in [0.717, 1.165) is 16.7 Å². The van der Waals surface area contributed by atoms with Crippen LogP contribution in [-0.4, -0.2) is 36.9 Å². The van der Waals surface area contributed by atoms with Gasteiger partial charge in [-0.05, 0) is 56.0 Å². The fourth-order valence-corrected chi connectivity index (χ4v) is 1.43. The maximum atomic E-state index is 10.8. The zero-order chi connectivity index (χ0) is 10.2. The smallest absolute Gasteiger partial charge is 0.335 e. The van der Waals surface area contributed by atoms with Gasteiger partial charge in [0.15, 0.2) is 0 Å². The van der Waals surface area contributed by atoms with Crippen molar-refractivity contribution in [3.63, 3.8) is 0 Å². The molecule has 14 heavy (non-hydrogen) atoms. The maximum absolute atomic E-state index is 10.8. The summed E-state index contributed by atoms with van der Waals surface area (Å²) in [5.74, 6) is -0.844. The maximum Gasteiger partial charge on any atom is 0.335 e. The number of carboxylic acids is 1. The summed E-state index contributed by atoms with van der Waals surface area (Å²) in [5.41, 5.74) is 4.59. The van der Waals surface area contributed by atoms with Gasteiger partial charge < -0.3 is 5.11 Å². The molecule has 0 bridgehead atoms. The van der Waals surface area contributed by atoms with E-state index in [4.69, 9.17) is 5.11 Å². The van der Waals surface area contributed by atoms with Crippen molar-refractivity contribution in [2.24, 2.45) is 0 Å². The third kappa shape index (κ3) is 2.32. The molecule has 0 heterocycles. The molecule has 1 rings (SSSR count). The molecule has 1 N–H and O–H groups in total. The zero-order valence-electron chi connectivity index (χ0n) is 9.01. The van der Waals surface area contributed by atoms with Gasteiger partial charge in [-0.15, -0.1) is 0 Å². The Morgan fingerprint density at radius 3 is 2.00 bits per heavy atom. The number of hydrogen-bond donors (Lipinski definition) is 1. The van der Waals surface area contributed by atoms with E-state index in [2.05, 4.69) is 0 Å². The molecule has 73 valence electrons. The molecule has 0 saturated heterocycles. The van der Waals surface area contributed by atoms with Gasteiger partial charge in [0.05, 0.1) is 5.56 Å². The van der Waals surface area contributed by atoms with Gasteiger partial charge in [-0.3, -0.25) is 0 Å². The van der Waals surface area contributed by atoms with Crippen molar-refractivity contribution in [3.8, 4) is 0 Å². The molecular formula is C11H14InO2. The normalized spacial score (nSPS) is 9.43. The molecule has 0 fully saturated rings. The summed E-state index contributed by atoms with van der Waals surface area (Å²) in [6.45, 7) is 7.77. The summed E-state index contributed by atoms with van der Waals surface area (Å²) >= 11 is 0. The molecule has 2 nitrogen and oxygen atoms in total. The van der Waals surface area contributed by atoms with E-state index in [1.807, 2.05) is 27.7 Å². The third-order valence-corrected chi connectivity index (χ3v) is 2.71. The average molecular weight is 293 g/mol. The molecule has 1 aromatic rings. The van der Waals surface area contributed by atoms with Gasteiger partial charge in [0.2, 0.25) is 0 Å². The fourth-order valence-electron chi connectivity index (χ4n) is 1.43. The molecule has 0 aliphatic carbocycles. The Bertz CT molecular complexity index is 370. The average Bonchev–Trinajstić information content (AvgIpc) is 2.07. The minimum absolute atomic E-state index is 0. The van der Waals surface area contributed by atoms with Crippen molar-refractivity contribution in [3.05, 3.63) is 33.9 Å². The van der Waals surface area contributed by atoms with Gasteiger partial charge in [-0.2, -0.15) is 0 Å². The molecule has 3 radical (unpaired) electrons. The van der Waals surface area contributed by atoms with E-state index in [1.165, 1.54) is 5.56 Å². The zero-order valence-corrected chi connectivity index (χ0v) is 12.3. The number of carboxylic acid groups (broad SMARTS) is 1. The van der Waals surface area contributed by atoms with Crippen molar-refractivity contribution < 1.29 is 9.90 Å². The van der Waals surface area contributed by atoms with Crippen LogP contribution in [0.15, 0.2) is 6.07 Å². The van der Waals surface area contributed by atoms with E-state index in [-0.39, 0.29) is 25.8 Å². The van der Waals surface area contributed by atoms with E-state index in [1.54, 1.807) is 6.07 Å². The van der Waals surface area contributed by atoms with Crippen LogP contribution in [0.5, 0.6) is 0 Å². The van der Waals surface area contributed by atoms with Crippen LogP contribution in [0.3, 0.4) is 0 Å². The Morgan fingerprint density at radius 2 is 1.57 bits per heavy atom. The van der Waals surface area contributed by atoms with Crippen LogP contribution in [0.2, 0.25) is 0 Å². The van der Waals surface area contributed by atoms with Gasteiger partial charge in [0.25, 0.3) is 0 Å². The standard InChI is InChI=1S/C11H14O2.In/c1-6-5-10(11(12)13)9(4)8(3)7(6)2;/h5H,1-4H3,(H,12,13);. The van der Waals surface area contributed by atoms with Gasteiger partial charge in [-0.1, -0.05) is 0 Å². The van der Waals surface area contributed by atoms with E-state index in [0.29, 0.717) is 5.56 Å². The second-order valence-electron chi connectivity index (χ2n) is 3.42. The first-order valence-electron chi connectivity index (χ1n) is 4.26. The van der Waals surface area contributed by atoms with Crippen molar-refractivity contribution in [2.45, 2.75) is 27.7 Å². The molecule has 0 amide bonds. The number of aryl methyl sites for hydroxylation is 1. The van der Waals surface area contributed by atoms with Crippen LogP contribution in [0.25, 0.3) is 0 Å². The van der Waals surface area contributed by atoms with Crippen LogP contribution < -0.4 is 0 Å². The minimum Gasteiger partial charge on any atom is -0.478 e. The first-order valence-corrected chi connectivity index (χ1v) is 4.26. The molecule has 3 heteroatoms. The van der Waals surface area contributed by atoms with Crippen LogP contribution in [0, 0.1) is 27.7 Å². The second-order valence-corrected chi connectivity index (χ2v) is 3.42. The van der Waals surface area contributed by atoms with Crippen LogP contribution in [0.1, 0.15) is 32.6 Å². The van der Waals surface area contributed by atoms with Crippen molar-refractivity contribution in [1.29, 1.82) is 0 Å². The number of benzene rings is 1. The largest absolute Gasteiger partial charge is 0.478 e. The Balaban J connectivity index is 0.00000169. The summed E-state index contributed by atoms with van der Waals surface area (Å²) in [6, 6.07) is 1.74. The molecule has 0 unspecified atom stereocenters. The van der Waals surface area contributed by atoms with Gasteiger partial charge in [0, 0.05) is 25.8 Å². The van der Waals surface area contributed by atoms with Crippen LogP contribution in [0.4, 0.5) is 0 Å². The summed E-state index contributed by atoms with van der Waals surface area (Å²) in [5, 5.41) is 8.91. The van der Waals surface area contributed by atoms with Gasteiger partial charge in [-0.25, -0.2) is 4.79 Å². The minimum atomic E-state index is -0.844. The first-order chi connectivity index (χ1) is 5.95. The van der Waals surface area contributed by atoms with Gasteiger partial charge >= 0.3 is 5.97 Å². The molecule has 0 spiro atoms. The molecule has 0 aliphatic rings. The molecular weight excluding hydrogens is 279 g/mol. The second kappa shape index (κ2) is 4.87. The first kappa shape index (κ1) is 13.6. The Labute approximate surface area is 103 Å². The van der Waals surface area contributed by atoms with Crippen LogP contribution >= 0.6 is 0 Å². The summed E-state index contributed by atoms with van der Waals surface area (Å²) < 4.78 is 0. The van der Waals surface area contributed by atoms with E-state index < -0.39 is 5.97 Å². The fraction of sp³-hybridized carbons (Fsp3) is 0.364. The number of hydrogen-bond acceptors (Lipinski definition) is 1. The SMILES string of the molecule is Cc1cc(C(=O)O)c(C)c(C)c1C.[In]. The van der Waals surface area contributed by atoms with Crippen molar-refractivity contribution in [1.82, 2.24) is 0 Å². The Kier molecular flexibility index (Phi) is 4.72. The predicted molar refractivity (Wildman–Crippen MR) is 58.1 cm³/mol. The molecule has 1 aromatic carbocycles. The molecule has 0 atom stereocenters. The molecule has 0 saturated carbocycles. The Hall–Kier alpha value is -0.440. The summed E-state index contributed by atoms with van der Waals surface area (Å²) in [6.07, 6.45) is 0. The monoisotopic (exact) mass is 293 g/mol.